The number of hydrogen-bond donors (Lipinski definition) is 0. The van der Waals surface area contributed by atoms with Crippen molar-refractivity contribution < 1.29 is 30.9 Å². The number of alkyl halides is 1. The van der Waals surface area contributed by atoms with Crippen LogP contribution in [0, 0.1) is 0 Å². The number of benzene rings is 1. The lowest BCUT2D eigenvalue weighted by Crippen LogP contribution is -2.13. The van der Waals surface area contributed by atoms with Gasteiger partial charge in [0.25, 0.3) is 5.76 Å². The number of ether oxygens (including phenoxy) is 1. The standard InChI is InChI=1S/C12H11FO6S/c1-2-17-12(14)11-10(19-20(15,16)7-13)8-5-3-4-6-9(8)18-11/h3-6H,2,7H2,1H3. The largest absolute Gasteiger partial charge is 0.460 e. The van der Waals surface area contributed by atoms with Crippen LogP contribution in [-0.4, -0.2) is 27.0 Å². The average Bonchev–Trinajstić information content (AvgIpc) is 2.78. The molecule has 2 rings (SSSR count). The molecule has 8 heteroatoms. The van der Waals surface area contributed by atoms with E-state index in [0.29, 0.717) is 0 Å². The number of halogens is 1. The van der Waals surface area contributed by atoms with Crippen LogP contribution in [0.5, 0.6) is 5.75 Å². The highest BCUT2D eigenvalue weighted by Gasteiger charge is 2.27. The molecular weight excluding hydrogens is 291 g/mol. The van der Waals surface area contributed by atoms with Crippen molar-refractivity contribution in [1.82, 2.24) is 0 Å². The lowest BCUT2D eigenvalue weighted by molar-refractivity contribution is 0.0490. The first-order valence-corrected chi connectivity index (χ1v) is 7.23. The van der Waals surface area contributed by atoms with Gasteiger partial charge in [-0.05, 0) is 19.1 Å². The second-order valence-corrected chi connectivity index (χ2v) is 5.23. The zero-order chi connectivity index (χ0) is 14.8. The quantitative estimate of drug-likeness (QED) is 0.622. The Bertz CT molecular complexity index is 733. The van der Waals surface area contributed by atoms with Crippen LogP contribution in [0.15, 0.2) is 28.7 Å². The van der Waals surface area contributed by atoms with E-state index in [0.717, 1.165) is 0 Å². The van der Waals surface area contributed by atoms with E-state index in [4.69, 9.17) is 9.15 Å². The van der Waals surface area contributed by atoms with Gasteiger partial charge in [-0.25, -0.2) is 9.18 Å². The second-order valence-electron chi connectivity index (χ2n) is 3.73. The summed E-state index contributed by atoms with van der Waals surface area (Å²) in [7, 11) is -4.44. The maximum Gasteiger partial charge on any atom is 0.378 e. The number of furan rings is 1. The summed E-state index contributed by atoms with van der Waals surface area (Å²) in [6.45, 7) is 1.66. The summed E-state index contributed by atoms with van der Waals surface area (Å²) >= 11 is 0. The minimum absolute atomic E-state index is 0.0746. The van der Waals surface area contributed by atoms with Gasteiger partial charge < -0.3 is 13.3 Å². The smallest absolute Gasteiger partial charge is 0.378 e. The molecule has 0 aliphatic rings. The molecule has 1 heterocycles. The summed E-state index contributed by atoms with van der Waals surface area (Å²) in [4.78, 5) is 11.7. The summed E-state index contributed by atoms with van der Waals surface area (Å²) in [6.07, 6.45) is 0. The Hall–Kier alpha value is -2.09. The Morgan fingerprint density at radius 2 is 2.05 bits per heavy atom. The number of fused-ring (bicyclic) bond motifs is 1. The predicted octanol–water partition coefficient (Wildman–Crippen LogP) is 2.25. The Kier molecular flexibility index (Phi) is 3.93. The molecule has 2 aromatic rings. The minimum Gasteiger partial charge on any atom is -0.460 e. The van der Waals surface area contributed by atoms with Gasteiger partial charge in [0.1, 0.15) is 5.58 Å². The van der Waals surface area contributed by atoms with Gasteiger partial charge in [-0.1, -0.05) is 12.1 Å². The van der Waals surface area contributed by atoms with Gasteiger partial charge in [-0.15, -0.1) is 0 Å². The summed E-state index contributed by atoms with van der Waals surface area (Å²) in [5, 5.41) is 0.243. The van der Waals surface area contributed by atoms with Gasteiger partial charge in [0.05, 0.1) is 12.0 Å². The normalized spacial score (nSPS) is 11.5. The number of carbonyl (C=O) groups excluding carboxylic acids is 1. The van der Waals surface area contributed by atoms with E-state index in [1.165, 1.54) is 12.1 Å². The molecule has 0 aliphatic heterocycles. The van der Waals surface area contributed by atoms with Crippen molar-refractivity contribution in [3.63, 3.8) is 0 Å². The minimum atomic E-state index is -4.44. The fraction of sp³-hybridized carbons (Fsp3) is 0.250. The van der Waals surface area contributed by atoms with Crippen molar-refractivity contribution in [2.24, 2.45) is 0 Å². The third-order valence-electron chi connectivity index (χ3n) is 2.35. The van der Waals surface area contributed by atoms with Crippen LogP contribution in [0.25, 0.3) is 11.0 Å². The molecule has 0 bridgehead atoms. The van der Waals surface area contributed by atoms with E-state index in [1.807, 2.05) is 0 Å². The molecule has 0 saturated carbocycles. The Morgan fingerprint density at radius 1 is 1.35 bits per heavy atom. The summed E-state index contributed by atoms with van der Waals surface area (Å²) in [6, 6.07) is 4.53. The summed E-state index contributed by atoms with van der Waals surface area (Å²) in [5.41, 5.74) is 0.236. The highest BCUT2D eigenvalue weighted by atomic mass is 32.2. The van der Waals surface area contributed by atoms with Crippen molar-refractivity contribution in [2.75, 3.05) is 12.6 Å². The number of esters is 1. The molecule has 0 unspecified atom stereocenters. The van der Waals surface area contributed by atoms with E-state index >= 15 is 0 Å². The Morgan fingerprint density at radius 3 is 2.70 bits per heavy atom. The van der Waals surface area contributed by atoms with Crippen LogP contribution < -0.4 is 4.18 Å². The maximum atomic E-state index is 12.4. The number of para-hydroxylation sites is 1. The first kappa shape index (κ1) is 14.3. The summed E-state index contributed by atoms with van der Waals surface area (Å²) in [5.74, 6) is -1.66. The number of carbonyl (C=O) groups is 1. The zero-order valence-corrected chi connectivity index (χ0v) is 11.3. The lowest BCUT2D eigenvalue weighted by Gasteiger charge is -2.04. The van der Waals surface area contributed by atoms with Crippen molar-refractivity contribution in [1.29, 1.82) is 0 Å². The zero-order valence-electron chi connectivity index (χ0n) is 10.5. The lowest BCUT2D eigenvalue weighted by atomic mass is 10.2. The molecule has 0 atom stereocenters. The third-order valence-corrected chi connectivity index (χ3v) is 3.04. The van der Waals surface area contributed by atoms with Crippen molar-refractivity contribution in [3.05, 3.63) is 30.0 Å². The molecule has 1 aromatic carbocycles. The number of hydrogen-bond acceptors (Lipinski definition) is 6. The Balaban J connectivity index is 2.59. The molecule has 0 fully saturated rings. The molecule has 0 spiro atoms. The molecular formula is C12H11FO6S. The fourth-order valence-electron chi connectivity index (χ4n) is 1.58. The van der Waals surface area contributed by atoms with Crippen LogP contribution >= 0.6 is 0 Å². The molecule has 0 saturated heterocycles. The molecule has 6 nitrogen and oxygen atoms in total. The van der Waals surface area contributed by atoms with Crippen LogP contribution in [0.1, 0.15) is 17.5 Å². The van der Waals surface area contributed by atoms with Gasteiger partial charge in [0.15, 0.2) is 0 Å². The van der Waals surface area contributed by atoms with Gasteiger partial charge in [0, 0.05) is 0 Å². The molecule has 1 aromatic heterocycles. The molecule has 0 radical (unpaired) electrons. The van der Waals surface area contributed by atoms with E-state index in [2.05, 4.69) is 4.18 Å². The first-order chi connectivity index (χ1) is 9.48. The first-order valence-electron chi connectivity index (χ1n) is 5.65. The fourth-order valence-corrected chi connectivity index (χ4v) is 2.05. The van der Waals surface area contributed by atoms with E-state index in [1.54, 1.807) is 19.1 Å². The van der Waals surface area contributed by atoms with Crippen molar-refractivity contribution >= 4 is 27.1 Å². The SMILES string of the molecule is CCOC(=O)c1oc2ccccc2c1OS(=O)(=O)CF. The molecule has 0 N–H and O–H groups in total. The van der Waals surface area contributed by atoms with Gasteiger partial charge in [-0.2, -0.15) is 8.42 Å². The maximum absolute atomic E-state index is 12.4. The topological polar surface area (TPSA) is 82.8 Å². The van der Waals surface area contributed by atoms with E-state index in [-0.39, 0.29) is 23.3 Å². The predicted molar refractivity (Wildman–Crippen MR) is 67.7 cm³/mol. The van der Waals surface area contributed by atoms with E-state index in [9.17, 15) is 17.6 Å². The van der Waals surface area contributed by atoms with Crippen molar-refractivity contribution in [3.8, 4) is 5.75 Å². The van der Waals surface area contributed by atoms with Gasteiger partial charge >= 0.3 is 16.1 Å². The van der Waals surface area contributed by atoms with Crippen LogP contribution in [-0.2, 0) is 14.9 Å². The van der Waals surface area contributed by atoms with Gasteiger partial charge in [-0.3, -0.25) is 0 Å². The Labute approximate surface area is 114 Å². The third kappa shape index (κ3) is 2.74. The second kappa shape index (κ2) is 5.49. The van der Waals surface area contributed by atoms with Crippen LogP contribution in [0.2, 0.25) is 0 Å². The average molecular weight is 302 g/mol. The molecule has 108 valence electrons. The summed E-state index contributed by atoms with van der Waals surface area (Å²) < 4.78 is 49.5. The molecule has 20 heavy (non-hydrogen) atoms. The van der Waals surface area contributed by atoms with E-state index < -0.39 is 27.9 Å². The van der Waals surface area contributed by atoms with Gasteiger partial charge in [0.2, 0.25) is 11.8 Å². The molecule has 0 amide bonds. The molecule has 0 aliphatic carbocycles. The number of rotatable bonds is 5. The highest BCUT2D eigenvalue weighted by Crippen LogP contribution is 2.34. The van der Waals surface area contributed by atoms with Crippen molar-refractivity contribution in [2.45, 2.75) is 6.92 Å². The van der Waals surface area contributed by atoms with Crippen LogP contribution in [0.3, 0.4) is 0 Å². The monoisotopic (exact) mass is 302 g/mol. The van der Waals surface area contributed by atoms with Crippen LogP contribution in [0.4, 0.5) is 4.39 Å². The highest BCUT2D eigenvalue weighted by molar-refractivity contribution is 7.86.